The first-order valence-electron chi connectivity index (χ1n) is 6.43. The number of rotatable bonds is 2. The lowest BCUT2D eigenvalue weighted by molar-refractivity contribution is -0.0876. The normalized spacial score (nSPS) is 25.1. The van der Waals surface area contributed by atoms with Crippen molar-refractivity contribution >= 4 is 15.9 Å². The van der Waals surface area contributed by atoms with Crippen LogP contribution in [0.4, 0.5) is 0 Å². The zero-order valence-corrected chi connectivity index (χ0v) is 11.8. The molecule has 2 unspecified atom stereocenters. The minimum Gasteiger partial charge on any atom is -0.493 e. The molecule has 0 amide bonds. The van der Waals surface area contributed by atoms with Crippen molar-refractivity contribution in [3.8, 4) is 5.75 Å². The Morgan fingerprint density at radius 3 is 3.00 bits per heavy atom. The molecular formula is C14H17BrO3. The number of hydrogen-bond donors (Lipinski definition) is 0. The molecule has 0 N–H and O–H groups in total. The summed E-state index contributed by atoms with van der Waals surface area (Å²) in [6, 6.07) is 6.41. The second-order valence-electron chi connectivity index (χ2n) is 4.71. The first kappa shape index (κ1) is 12.5. The molecule has 2 aliphatic heterocycles. The van der Waals surface area contributed by atoms with E-state index in [0.29, 0.717) is 19.8 Å². The third kappa shape index (κ3) is 2.56. The molecule has 1 fully saturated rings. The molecule has 1 aromatic carbocycles. The largest absolute Gasteiger partial charge is 0.493 e. The molecule has 1 aromatic rings. The fourth-order valence-corrected chi connectivity index (χ4v) is 3.03. The maximum absolute atomic E-state index is 5.74. The fraction of sp³-hybridized carbons (Fsp3) is 0.571. The van der Waals surface area contributed by atoms with Gasteiger partial charge in [0.05, 0.1) is 37.4 Å². The Kier molecular flexibility index (Phi) is 3.87. The van der Waals surface area contributed by atoms with E-state index in [1.165, 1.54) is 11.1 Å². The molecule has 2 atom stereocenters. The zero-order chi connectivity index (χ0) is 12.4. The number of halogens is 1. The SMILES string of the molecule is BrC(c1ccc2c(c1)CCCO2)C1COCCO1. The quantitative estimate of drug-likeness (QED) is 0.786. The fourth-order valence-electron chi connectivity index (χ4n) is 2.44. The number of aryl methyl sites for hydroxylation is 1. The molecule has 0 aromatic heterocycles. The van der Waals surface area contributed by atoms with Gasteiger partial charge in [0, 0.05) is 0 Å². The summed E-state index contributed by atoms with van der Waals surface area (Å²) >= 11 is 3.73. The monoisotopic (exact) mass is 312 g/mol. The molecule has 0 bridgehead atoms. The van der Waals surface area contributed by atoms with Gasteiger partial charge in [0.2, 0.25) is 0 Å². The van der Waals surface area contributed by atoms with Gasteiger partial charge in [-0.15, -0.1) is 0 Å². The summed E-state index contributed by atoms with van der Waals surface area (Å²) in [5.74, 6) is 1.03. The lowest BCUT2D eigenvalue weighted by Crippen LogP contribution is -2.31. The van der Waals surface area contributed by atoms with Crippen LogP contribution >= 0.6 is 15.9 Å². The summed E-state index contributed by atoms with van der Waals surface area (Å²) in [5.41, 5.74) is 2.55. The molecule has 0 aliphatic carbocycles. The highest BCUT2D eigenvalue weighted by Gasteiger charge is 2.25. The van der Waals surface area contributed by atoms with Gasteiger partial charge in [0.15, 0.2) is 0 Å². The summed E-state index contributed by atoms with van der Waals surface area (Å²) in [6.45, 7) is 2.88. The van der Waals surface area contributed by atoms with Gasteiger partial charge in [-0.3, -0.25) is 0 Å². The van der Waals surface area contributed by atoms with Crippen molar-refractivity contribution in [3.63, 3.8) is 0 Å². The first-order chi connectivity index (χ1) is 8.84. The standard InChI is InChI=1S/C14H17BrO3/c15-14(13-9-16-6-7-18-13)11-3-4-12-10(8-11)2-1-5-17-12/h3-4,8,13-14H,1-2,5-7,9H2. The van der Waals surface area contributed by atoms with Gasteiger partial charge >= 0.3 is 0 Å². The second kappa shape index (κ2) is 5.59. The van der Waals surface area contributed by atoms with Crippen LogP contribution in [-0.4, -0.2) is 32.5 Å². The topological polar surface area (TPSA) is 27.7 Å². The summed E-state index contributed by atoms with van der Waals surface area (Å²) in [4.78, 5) is 0.185. The van der Waals surface area contributed by atoms with E-state index in [0.717, 1.165) is 25.2 Å². The highest BCUT2D eigenvalue weighted by Crippen LogP contribution is 2.34. The molecule has 2 aliphatic rings. The van der Waals surface area contributed by atoms with Crippen LogP contribution in [0.2, 0.25) is 0 Å². The molecule has 0 radical (unpaired) electrons. The van der Waals surface area contributed by atoms with E-state index in [-0.39, 0.29) is 10.9 Å². The van der Waals surface area contributed by atoms with Gasteiger partial charge in [-0.05, 0) is 30.0 Å². The minimum absolute atomic E-state index is 0.0984. The van der Waals surface area contributed by atoms with Crippen molar-refractivity contribution in [1.29, 1.82) is 0 Å². The van der Waals surface area contributed by atoms with E-state index in [4.69, 9.17) is 14.2 Å². The van der Waals surface area contributed by atoms with Crippen LogP contribution < -0.4 is 4.74 Å². The van der Waals surface area contributed by atoms with Crippen molar-refractivity contribution in [2.75, 3.05) is 26.4 Å². The van der Waals surface area contributed by atoms with Crippen molar-refractivity contribution in [2.24, 2.45) is 0 Å². The summed E-state index contributed by atoms with van der Waals surface area (Å²) in [5, 5.41) is 0. The van der Waals surface area contributed by atoms with Crippen LogP contribution in [-0.2, 0) is 15.9 Å². The Morgan fingerprint density at radius 2 is 2.17 bits per heavy atom. The van der Waals surface area contributed by atoms with Crippen molar-refractivity contribution in [1.82, 2.24) is 0 Å². The van der Waals surface area contributed by atoms with E-state index in [9.17, 15) is 0 Å². The first-order valence-corrected chi connectivity index (χ1v) is 7.35. The molecule has 98 valence electrons. The molecule has 2 heterocycles. The lowest BCUT2D eigenvalue weighted by Gasteiger charge is -2.28. The lowest BCUT2D eigenvalue weighted by atomic mass is 10.00. The van der Waals surface area contributed by atoms with Gasteiger partial charge in [0.1, 0.15) is 5.75 Å². The maximum Gasteiger partial charge on any atom is 0.122 e. The molecule has 0 spiro atoms. The average Bonchev–Trinajstić information content (AvgIpc) is 2.47. The number of alkyl halides is 1. The van der Waals surface area contributed by atoms with Gasteiger partial charge in [-0.25, -0.2) is 0 Å². The Hall–Kier alpha value is -0.580. The van der Waals surface area contributed by atoms with E-state index >= 15 is 0 Å². The number of hydrogen-bond acceptors (Lipinski definition) is 3. The third-order valence-electron chi connectivity index (χ3n) is 3.42. The van der Waals surface area contributed by atoms with Crippen LogP contribution in [0.1, 0.15) is 22.4 Å². The molecular weight excluding hydrogens is 296 g/mol. The summed E-state index contributed by atoms with van der Waals surface area (Å²) in [6.07, 6.45) is 2.30. The minimum atomic E-state index is 0.0984. The van der Waals surface area contributed by atoms with Gasteiger partial charge in [-0.1, -0.05) is 28.1 Å². The molecule has 4 heteroatoms. The molecule has 3 rings (SSSR count). The smallest absolute Gasteiger partial charge is 0.122 e. The van der Waals surface area contributed by atoms with Crippen LogP contribution in [0.15, 0.2) is 18.2 Å². The number of benzene rings is 1. The predicted octanol–water partition coefficient (Wildman–Crippen LogP) is 2.86. The zero-order valence-electron chi connectivity index (χ0n) is 10.2. The van der Waals surface area contributed by atoms with Gasteiger partial charge in [0.25, 0.3) is 0 Å². The van der Waals surface area contributed by atoms with E-state index in [1.807, 2.05) is 0 Å². The molecule has 0 saturated carbocycles. The maximum atomic E-state index is 5.74. The highest BCUT2D eigenvalue weighted by molar-refractivity contribution is 9.09. The van der Waals surface area contributed by atoms with Crippen LogP contribution in [0.5, 0.6) is 5.75 Å². The second-order valence-corrected chi connectivity index (χ2v) is 5.69. The Balaban J connectivity index is 1.78. The third-order valence-corrected chi connectivity index (χ3v) is 4.54. The molecule has 3 nitrogen and oxygen atoms in total. The van der Waals surface area contributed by atoms with Crippen LogP contribution in [0.25, 0.3) is 0 Å². The Bertz CT molecular complexity index is 416. The van der Waals surface area contributed by atoms with Gasteiger partial charge < -0.3 is 14.2 Å². The van der Waals surface area contributed by atoms with E-state index < -0.39 is 0 Å². The number of fused-ring (bicyclic) bond motifs is 1. The van der Waals surface area contributed by atoms with Gasteiger partial charge in [-0.2, -0.15) is 0 Å². The number of ether oxygens (including phenoxy) is 3. The Morgan fingerprint density at radius 1 is 1.22 bits per heavy atom. The van der Waals surface area contributed by atoms with Crippen LogP contribution in [0.3, 0.4) is 0 Å². The summed E-state index contributed by atoms with van der Waals surface area (Å²) < 4.78 is 16.8. The van der Waals surface area contributed by atoms with E-state index in [2.05, 4.69) is 34.1 Å². The highest BCUT2D eigenvalue weighted by atomic mass is 79.9. The van der Waals surface area contributed by atoms with E-state index in [1.54, 1.807) is 0 Å². The molecule has 1 saturated heterocycles. The van der Waals surface area contributed by atoms with Crippen molar-refractivity contribution in [2.45, 2.75) is 23.8 Å². The van der Waals surface area contributed by atoms with Crippen LogP contribution in [0, 0.1) is 0 Å². The van der Waals surface area contributed by atoms with Crippen molar-refractivity contribution in [3.05, 3.63) is 29.3 Å². The Labute approximate surface area is 116 Å². The average molecular weight is 313 g/mol. The molecule has 18 heavy (non-hydrogen) atoms. The van der Waals surface area contributed by atoms with Crippen molar-refractivity contribution < 1.29 is 14.2 Å². The predicted molar refractivity (Wildman–Crippen MR) is 72.5 cm³/mol. The summed E-state index contributed by atoms with van der Waals surface area (Å²) in [7, 11) is 0.